The summed E-state index contributed by atoms with van der Waals surface area (Å²) >= 11 is 0. The number of benzene rings is 1. The van der Waals surface area contributed by atoms with Gasteiger partial charge in [0.05, 0.1) is 6.10 Å². The van der Waals surface area contributed by atoms with Crippen LogP contribution in [0, 0.1) is 12.3 Å². The van der Waals surface area contributed by atoms with Crippen LogP contribution in [0.15, 0.2) is 24.3 Å². The zero-order valence-corrected chi connectivity index (χ0v) is 12.5. The number of likely N-dealkylation sites (N-methyl/N-ethyl adjacent to an activating group) is 1. The molecular formula is C16H24N2O2. The van der Waals surface area contributed by atoms with Gasteiger partial charge in [0, 0.05) is 19.1 Å². The molecule has 0 radical (unpaired) electrons. The van der Waals surface area contributed by atoms with Gasteiger partial charge < -0.3 is 20.1 Å². The highest BCUT2D eigenvalue weighted by molar-refractivity contribution is 5.29. The van der Waals surface area contributed by atoms with Crippen LogP contribution in [0.4, 0.5) is 0 Å². The molecule has 0 saturated carbocycles. The Hall–Kier alpha value is -1.54. The van der Waals surface area contributed by atoms with E-state index >= 15 is 0 Å². The van der Waals surface area contributed by atoms with E-state index < -0.39 is 0 Å². The van der Waals surface area contributed by atoms with Crippen LogP contribution in [-0.4, -0.2) is 49.9 Å². The number of nitrogens with zero attached hydrogens (tertiary/aromatic N) is 1. The normalized spacial score (nSPS) is 13.8. The van der Waals surface area contributed by atoms with Gasteiger partial charge in [-0.1, -0.05) is 18.1 Å². The van der Waals surface area contributed by atoms with Gasteiger partial charge in [-0.3, -0.25) is 0 Å². The van der Waals surface area contributed by atoms with Crippen LogP contribution in [0.3, 0.4) is 0 Å². The lowest BCUT2D eigenvalue weighted by Crippen LogP contribution is -2.36. The number of nitrogens with one attached hydrogen (secondary N) is 1. The molecule has 20 heavy (non-hydrogen) atoms. The quantitative estimate of drug-likeness (QED) is 0.702. The van der Waals surface area contributed by atoms with Crippen LogP contribution in [0.1, 0.15) is 18.5 Å². The second-order valence-corrected chi connectivity index (χ2v) is 5.11. The third-order valence-corrected chi connectivity index (χ3v) is 2.94. The van der Waals surface area contributed by atoms with E-state index in [0.717, 1.165) is 11.3 Å². The van der Waals surface area contributed by atoms with Gasteiger partial charge >= 0.3 is 0 Å². The predicted molar refractivity (Wildman–Crippen MR) is 81.7 cm³/mol. The molecule has 0 amide bonds. The van der Waals surface area contributed by atoms with Gasteiger partial charge in [-0.15, -0.1) is 6.42 Å². The van der Waals surface area contributed by atoms with Crippen molar-refractivity contribution in [2.75, 3.05) is 33.8 Å². The maximum atomic E-state index is 9.81. The highest BCUT2D eigenvalue weighted by Gasteiger charge is 2.09. The Morgan fingerprint density at radius 1 is 1.35 bits per heavy atom. The van der Waals surface area contributed by atoms with Crippen molar-refractivity contribution in [3.05, 3.63) is 29.8 Å². The van der Waals surface area contributed by atoms with Crippen molar-refractivity contribution < 1.29 is 9.84 Å². The summed E-state index contributed by atoms with van der Waals surface area (Å²) in [7, 11) is 3.89. The summed E-state index contributed by atoms with van der Waals surface area (Å²) in [6.45, 7) is 3.57. The molecule has 1 rings (SSSR count). The fourth-order valence-electron chi connectivity index (χ4n) is 1.89. The van der Waals surface area contributed by atoms with Crippen molar-refractivity contribution >= 4 is 0 Å². The Bertz CT molecular complexity index is 423. The Balaban J connectivity index is 2.43. The molecule has 2 N–H and O–H groups in total. The van der Waals surface area contributed by atoms with Crippen LogP contribution in [0.25, 0.3) is 0 Å². The number of rotatable bonds is 8. The molecule has 110 valence electrons. The second kappa shape index (κ2) is 8.60. The first kappa shape index (κ1) is 16.5. The second-order valence-electron chi connectivity index (χ2n) is 5.11. The number of hydrogen-bond donors (Lipinski definition) is 2. The van der Waals surface area contributed by atoms with E-state index in [1.165, 1.54) is 0 Å². The molecule has 0 aliphatic heterocycles. The Morgan fingerprint density at radius 3 is 2.55 bits per heavy atom. The van der Waals surface area contributed by atoms with E-state index in [-0.39, 0.29) is 18.8 Å². The number of aliphatic hydroxyl groups is 1. The summed E-state index contributed by atoms with van der Waals surface area (Å²) in [5.41, 5.74) is 1.15. The molecule has 0 aliphatic rings. The molecule has 0 bridgehead atoms. The fourth-order valence-corrected chi connectivity index (χ4v) is 1.89. The summed E-state index contributed by atoms with van der Waals surface area (Å²) in [5, 5.41) is 13.1. The van der Waals surface area contributed by atoms with E-state index in [1.54, 1.807) is 0 Å². The molecule has 0 aliphatic carbocycles. The first-order valence-electron chi connectivity index (χ1n) is 6.75. The van der Waals surface area contributed by atoms with Crippen molar-refractivity contribution in [2.24, 2.45) is 0 Å². The van der Waals surface area contributed by atoms with Crippen LogP contribution >= 0.6 is 0 Å². The van der Waals surface area contributed by atoms with Crippen LogP contribution in [0.5, 0.6) is 5.75 Å². The smallest absolute Gasteiger partial charge is 0.148 e. The molecule has 0 saturated heterocycles. The lowest BCUT2D eigenvalue weighted by atomic mass is 10.1. The summed E-state index contributed by atoms with van der Waals surface area (Å²) in [5.74, 6) is 3.21. The molecule has 1 aromatic carbocycles. The van der Waals surface area contributed by atoms with Gasteiger partial charge in [-0.25, -0.2) is 0 Å². The third-order valence-electron chi connectivity index (χ3n) is 2.94. The monoisotopic (exact) mass is 276 g/mol. The van der Waals surface area contributed by atoms with Crippen LogP contribution < -0.4 is 10.1 Å². The minimum Gasteiger partial charge on any atom is -0.481 e. The average Bonchev–Trinajstić information content (AvgIpc) is 2.42. The Kier molecular flexibility index (Phi) is 7.10. The van der Waals surface area contributed by atoms with E-state index in [9.17, 15) is 5.11 Å². The molecular weight excluding hydrogens is 252 g/mol. The van der Waals surface area contributed by atoms with E-state index in [2.05, 4.69) is 18.2 Å². The summed E-state index contributed by atoms with van der Waals surface area (Å²) < 4.78 is 5.33. The molecule has 2 unspecified atom stereocenters. The average molecular weight is 276 g/mol. The molecule has 0 aromatic heterocycles. The number of ether oxygens (including phenoxy) is 1. The third kappa shape index (κ3) is 6.07. The molecule has 4 heteroatoms. The lowest BCUT2D eigenvalue weighted by molar-refractivity contribution is 0.132. The fraction of sp³-hybridized carbons (Fsp3) is 0.500. The summed E-state index contributed by atoms with van der Waals surface area (Å²) in [6.07, 6.45) is 4.77. The summed E-state index contributed by atoms with van der Waals surface area (Å²) in [6, 6.07) is 7.99. The maximum absolute atomic E-state index is 9.81. The zero-order valence-electron chi connectivity index (χ0n) is 12.5. The number of aliphatic hydroxyl groups excluding tert-OH is 1. The van der Waals surface area contributed by atoms with Gasteiger partial charge in [0.15, 0.2) is 0 Å². The van der Waals surface area contributed by atoms with Crippen LogP contribution in [-0.2, 0) is 0 Å². The Morgan fingerprint density at radius 2 is 2.00 bits per heavy atom. The van der Waals surface area contributed by atoms with Gasteiger partial charge in [-0.05, 0) is 38.7 Å². The van der Waals surface area contributed by atoms with Crippen molar-refractivity contribution in [3.63, 3.8) is 0 Å². The van der Waals surface area contributed by atoms with Gasteiger partial charge in [0.2, 0.25) is 0 Å². The van der Waals surface area contributed by atoms with Gasteiger partial charge in [0.25, 0.3) is 0 Å². The molecule has 4 nitrogen and oxygen atoms in total. The van der Waals surface area contributed by atoms with Gasteiger partial charge in [-0.2, -0.15) is 0 Å². The van der Waals surface area contributed by atoms with E-state index in [4.69, 9.17) is 11.2 Å². The van der Waals surface area contributed by atoms with Crippen molar-refractivity contribution in [1.82, 2.24) is 10.2 Å². The summed E-state index contributed by atoms with van der Waals surface area (Å²) in [4.78, 5) is 1.97. The molecule has 0 fully saturated rings. The van der Waals surface area contributed by atoms with E-state index in [1.807, 2.05) is 43.3 Å². The Labute approximate surface area is 121 Å². The minimum atomic E-state index is -0.370. The first-order chi connectivity index (χ1) is 9.52. The standard InChI is InChI=1S/C16H24N2O2/c1-5-10-20-16-8-6-14(7-9-16)13(2)17-11-15(19)12-18(3)4/h1,6-9,13,15,17,19H,10-12H2,2-4H3. The minimum absolute atomic E-state index is 0.175. The lowest BCUT2D eigenvalue weighted by Gasteiger charge is -2.20. The highest BCUT2D eigenvalue weighted by atomic mass is 16.5. The van der Waals surface area contributed by atoms with Crippen molar-refractivity contribution in [1.29, 1.82) is 0 Å². The van der Waals surface area contributed by atoms with Crippen molar-refractivity contribution in [2.45, 2.75) is 19.1 Å². The maximum Gasteiger partial charge on any atom is 0.148 e. The zero-order chi connectivity index (χ0) is 15.0. The van der Waals surface area contributed by atoms with Crippen molar-refractivity contribution in [3.8, 4) is 18.1 Å². The van der Waals surface area contributed by atoms with Crippen LogP contribution in [0.2, 0.25) is 0 Å². The first-order valence-corrected chi connectivity index (χ1v) is 6.75. The highest BCUT2D eigenvalue weighted by Crippen LogP contribution is 2.17. The molecule has 1 aromatic rings. The topological polar surface area (TPSA) is 44.7 Å². The number of hydrogen-bond acceptors (Lipinski definition) is 4. The largest absolute Gasteiger partial charge is 0.481 e. The predicted octanol–water partition coefficient (Wildman–Crippen LogP) is 1.27. The van der Waals surface area contributed by atoms with E-state index in [0.29, 0.717) is 13.1 Å². The SMILES string of the molecule is C#CCOc1ccc(C(C)NCC(O)CN(C)C)cc1. The number of terminal acetylenes is 1. The molecule has 0 heterocycles. The molecule has 0 spiro atoms. The molecule has 2 atom stereocenters. The van der Waals surface area contributed by atoms with Gasteiger partial charge in [0.1, 0.15) is 12.4 Å².